The van der Waals surface area contributed by atoms with Crippen LogP contribution in [-0.2, 0) is 4.74 Å². The SMILES string of the molecule is CCCCOCCC1(N)CCCC(C)C1. The summed E-state index contributed by atoms with van der Waals surface area (Å²) in [4.78, 5) is 0. The molecule has 0 radical (unpaired) electrons. The molecule has 1 aliphatic rings. The van der Waals surface area contributed by atoms with Crippen LogP contribution in [-0.4, -0.2) is 18.8 Å². The van der Waals surface area contributed by atoms with Gasteiger partial charge in [0, 0.05) is 18.8 Å². The van der Waals surface area contributed by atoms with E-state index in [1.807, 2.05) is 0 Å². The molecule has 2 heteroatoms. The summed E-state index contributed by atoms with van der Waals surface area (Å²) in [5.41, 5.74) is 6.46. The fourth-order valence-electron chi connectivity index (χ4n) is 2.55. The molecule has 0 saturated heterocycles. The standard InChI is InChI=1S/C13H27NO/c1-3-4-9-15-10-8-13(14)7-5-6-12(2)11-13/h12H,3-11,14H2,1-2H3. The first-order chi connectivity index (χ1) is 7.16. The Balaban J connectivity index is 2.12. The van der Waals surface area contributed by atoms with Crippen LogP contribution in [0.3, 0.4) is 0 Å². The Morgan fingerprint density at radius 1 is 1.40 bits per heavy atom. The van der Waals surface area contributed by atoms with E-state index in [0.29, 0.717) is 0 Å². The summed E-state index contributed by atoms with van der Waals surface area (Å²) in [7, 11) is 0. The first kappa shape index (κ1) is 13.0. The fourth-order valence-corrected chi connectivity index (χ4v) is 2.55. The lowest BCUT2D eigenvalue weighted by atomic mass is 9.75. The van der Waals surface area contributed by atoms with Crippen LogP contribution in [0.2, 0.25) is 0 Å². The highest BCUT2D eigenvalue weighted by atomic mass is 16.5. The molecule has 1 saturated carbocycles. The Labute approximate surface area is 94.6 Å². The third-order valence-electron chi connectivity index (χ3n) is 3.51. The normalized spacial score (nSPS) is 31.8. The van der Waals surface area contributed by atoms with Gasteiger partial charge in [-0.15, -0.1) is 0 Å². The van der Waals surface area contributed by atoms with E-state index in [2.05, 4.69) is 13.8 Å². The molecule has 0 heterocycles. The van der Waals surface area contributed by atoms with Crippen molar-refractivity contribution in [1.82, 2.24) is 0 Å². The van der Waals surface area contributed by atoms with Crippen LogP contribution in [0.1, 0.15) is 58.8 Å². The maximum Gasteiger partial charge on any atom is 0.0483 e. The van der Waals surface area contributed by atoms with Crippen LogP contribution in [0.5, 0.6) is 0 Å². The van der Waals surface area contributed by atoms with Crippen molar-refractivity contribution in [1.29, 1.82) is 0 Å². The Morgan fingerprint density at radius 2 is 2.20 bits per heavy atom. The lowest BCUT2D eigenvalue weighted by molar-refractivity contribution is 0.0966. The van der Waals surface area contributed by atoms with Crippen LogP contribution in [0.4, 0.5) is 0 Å². The van der Waals surface area contributed by atoms with Crippen LogP contribution in [0.25, 0.3) is 0 Å². The smallest absolute Gasteiger partial charge is 0.0483 e. The van der Waals surface area contributed by atoms with Crippen LogP contribution in [0, 0.1) is 5.92 Å². The van der Waals surface area contributed by atoms with Gasteiger partial charge < -0.3 is 10.5 Å². The van der Waals surface area contributed by atoms with Gasteiger partial charge in [0.15, 0.2) is 0 Å². The van der Waals surface area contributed by atoms with Crippen molar-refractivity contribution in [2.75, 3.05) is 13.2 Å². The van der Waals surface area contributed by atoms with E-state index in [1.54, 1.807) is 0 Å². The maximum absolute atomic E-state index is 6.38. The first-order valence-corrected chi connectivity index (χ1v) is 6.53. The van der Waals surface area contributed by atoms with E-state index in [1.165, 1.54) is 38.5 Å². The monoisotopic (exact) mass is 213 g/mol. The molecule has 1 aliphatic carbocycles. The molecular formula is C13H27NO. The van der Waals surface area contributed by atoms with Crippen molar-refractivity contribution >= 4 is 0 Å². The van der Waals surface area contributed by atoms with E-state index in [9.17, 15) is 0 Å². The zero-order valence-electron chi connectivity index (χ0n) is 10.4. The predicted molar refractivity (Wildman–Crippen MR) is 64.9 cm³/mol. The minimum Gasteiger partial charge on any atom is -0.381 e. The van der Waals surface area contributed by atoms with E-state index in [4.69, 9.17) is 10.5 Å². The maximum atomic E-state index is 6.38. The van der Waals surface area contributed by atoms with E-state index < -0.39 is 0 Å². The lowest BCUT2D eigenvalue weighted by Gasteiger charge is -2.36. The second-order valence-electron chi connectivity index (χ2n) is 5.28. The minimum absolute atomic E-state index is 0.0733. The van der Waals surface area contributed by atoms with Gasteiger partial charge in [-0.3, -0.25) is 0 Å². The largest absolute Gasteiger partial charge is 0.381 e. The van der Waals surface area contributed by atoms with Gasteiger partial charge in [0.2, 0.25) is 0 Å². The number of hydrogen-bond acceptors (Lipinski definition) is 2. The highest BCUT2D eigenvalue weighted by molar-refractivity contribution is 4.89. The number of rotatable bonds is 6. The molecule has 1 fully saturated rings. The summed E-state index contributed by atoms with van der Waals surface area (Å²) in [5, 5.41) is 0. The molecule has 0 bridgehead atoms. The number of ether oxygens (including phenoxy) is 1. The molecule has 0 amide bonds. The van der Waals surface area contributed by atoms with Gasteiger partial charge in [0.05, 0.1) is 0 Å². The summed E-state index contributed by atoms with van der Waals surface area (Å²) >= 11 is 0. The minimum atomic E-state index is 0.0733. The average molecular weight is 213 g/mol. The van der Waals surface area contributed by atoms with Gasteiger partial charge in [-0.1, -0.05) is 33.1 Å². The Bertz CT molecular complexity index is 172. The number of nitrogens with two attached hydrogens (primary N) is 1. The number of unbranched alkanes of at least 4 members (excludes halogenated alkanes) is 1. The molecule has 0 spiro atoms. The van der Waals surface area contributed by atoms with Gasteiger partial charge in [-0.05, 0) is 31.6 Å². The molecule has 0 aromatic heterocycles. The van der Waals surface area contributed by atoms with Gasteiger partial charge in [-0.25, -0.2) is 0 Å². The summed E-state index contributed by atoms with van der Waals surface area (Å²) in [6, 6.07) is 0. The average Bonchev–Trinajstić information content (AvgIpc) is 2.17. The van der Waals surface area contributed by atoms with Gasteiger partial charge >= 0.3 is 0 Å². The van der Waals surface area contributed by atoms with Gasteiger partial charge in [0.25, 0.3) is 0 Å². The summed E-state index contributed by atoms with van der Waals surface area (Å²) in [6.45, 7) is 6.26. The molecule has 2 nitrogen and oxygen atoms in total. The van der Waals surface area contributed by atoms with Gasteiger partial charge in [-0.2, -0.15) is 0 Å². The molecule has 2 N–H and O–H groups in total. The van der Waals surface area contributed by atoms with Crippen molar-refractivity contribution < 1.29 is 4.74 Å². The van der Waals surface area contributed by atoms with Crippen LogP contribution < -0.4 is 5.73 Å². The highest BCUT2D eigenvalue weighted by Gasteiger charge is 2.30. The van der Waals surface area contributed by atoms with Gasteiger partial charge in [0.1, 0.15) is 0 Å². The predicted octanol–water partition coefficient (Wildman–Crippen LogP) is 3.10. The third-order valence-corrected chi connectivity index (χ3v) is 3.51. The molecule has 15 heavy (non-hydrogen) atoms. The number of hydrogen-bond donors (Lipinski definition) is 1. The Kier molecular flexibility index (Phi) is 5.62. The molecular weight excluding hydrogens is 186 g/mol. The summed E-state index contributed by atoms with van der Waals surface area (Å²) in [5.74, 6) is 0.805. The van der Waals surface area contributed by atoms with Crippen molar-refractivity contribution in [2.24, 2.45) is 11.7 Å². The first-order valence-electron chi connectivity index (χ1n) is 6.53. The quantitative estimate of drug-likeness (QED) is 0.688. The van der Waals surface area contributed by atoms with Crippen LogP contribution in [0.15, 0.2) is 0 Å². The fraction of sp³-hybridized carbons (Fsp3) is 1.00. The Hall–Kier alpha value is -0.0800. The highest BCUT2D eigenvalue weighted by Crippen LogP contribution is 2.32. The molecule has 0 aliphatic heterocycles. The summed E-state index contributed by atoms with van der Waals surface area (Å²) in [6.07, 6.45) is 8.46. The molecule has 90 valence electrons. The topological polar surface area (TPSA) is 35.2 Å². The molecule has 0 aromatic rings. The van der Waals surface area contributed by atoms with Crippen LogP contribution >= 0.6 is 0 Å². The molecule has 2 atom stereocenters. The molecule has 2 unspecified atom stereocenters. The zero-order valence-corrected chi connectivity index (χ0v) is 10.4. The molecule has 0 aromatic carbocycles. The Morgan fingerprint density at radius 3 is 2.87 bits per heavy atom. The summed E-state index contributed by atoms with van der Waals surface area (Å²) < 4.78 is 5.60. The van der Waals surface area contributed by atoms with E-state index >= 15 is 0 Å². The lowest BCUT2D eigenvalue weighted by Crippen LogP contribution is -2.44. The third kappa shape index (κ3) is 4.98. The second-order valence-corrected chi connectivity index (χ2v) is 5.28. The van der Waals surface area contributed by atoms with Crippen molar-refractivity contribution in [3.8, 4) is 0 Å². The van der Waals surface area contributed by atoms with Crippen molar-refractivity contribution in [3.63, 3.8) is 0 Å². The van der Waals surface area contributed by atoms with E-state index in [0.717, 1.165) is 25.6 Å². The van der Waals surface area contributed by atoms with Crippen molar-refractivity contribution in [2.45, 2.75) is 64.3 Å². The zero-order chi connectivity index (χ0) is 11.1. The van der Waals surface area contributed by atoms with Crippen molar-refractivity contribution in [3.05, 3.63) is 0 Å². The molecule has 1 rings (SSSR count). The van der Waals surface area contributed by atoms with E-state index in [-0.39, 0.29) is 5.54 Å². The second kappa shape index (κ2) is 6.49.